The van der Waals surface area contributed by atoms with E-state index in [2.05, 4.69) is 10.6 Å². The van der Waals surface area contributed by atoms with Crippen molar-refractivity contribution in [2.45, 2.75) is 59.3 Å². The molecule has 2 amide bonds. The van der Waals surface area contributed by atoms with Crippen LogP contribution in [0, 0.1) is 17.3 Å². The number of amides is 2. The summed E-state index contributed by atoms with van der Waals surface area (Å²) in [6, 6.07) is -0.717. The second-order valence-corrected chi connectivity index (χ2v) is 8.79. The van der Waals surface area contributed by atoms with Crippen molar-refractivity contribution in [1.82, 2.24) is 10.6 Å². The summed E-state index contributed by atoms with van der Waals surface area (Å²) in [4.78, 5) is 36.5. The number of carbonyl (C=O) groups excluding carboxylic acids is 2. The number of likely N-dealkylation sites (N-methyl/N-ethyl adjacent to an activating group) is 1. The third kappa shape index (κ3) is 7.11. The van der Waals surface area contributed by atoms with E-state index >= 15 is 0 Å². The molecule has 3 N–H and O–H groups in total. The zero-order valence-corrected chi connectivity index (χ0v) is 16.6. The number of hydrogen-bond acceptors (Lipinski definition) is 4. The van der Waals surface area contributed by atoms with Crippen LogP contribution in [0.1, 0.15) is 48.0 Å². The quantitative estimate of drug-likeness (QED) is 0.585. The molecule has 0 unspecified atom stereocenters. The number of carbonyl (C=O) groups is 3. The zero-order chi connectivity index (χ0) is 19.1. The molecule has 0 aromatic rings. The van der Waals surface area contributed by atoms with Gasteiger partial charge in [-0.1, -0.05) is 41.5 Å². The molecule has 0 spiro atoms. The molecular formula is C17H32N2O4S. The van der Waals surface area contributed by atoms with E-state index in [0.29, 0.717) is 12.2 Å². The summed E-state index contributed by atoms with van der Waals surface area (Å²) in [5.41, 5.74) is -0.477. The van der Waals surface area contributed by atoms with Gasteiger partial charge in [-0.05, 0) is 23.5 Å². The van der Waals surface area contributed by atoms with E-state index in [0.717, 1.165) is 0 Å². The van der Waals surface area contributed by atoms with Crippen LogP contribution in [0.25, 0.3) is 0 Å². The van der Waals surface area contributed by atoms with Crippen molar-refractivity contribution in [1.29, 1.82) is 0 Å². The van der Waals surface area contributed by atoms with Crippen molar-refractivity contribution in [2.24, 2.45) is 17.3 Å². The predicted molar refractivity (Wildman–Crippen MR) is 98.0 cm³/mol. The zero-order valence-electron chi connectivity index (χ0n) is 15.8. The number of aliphatic carboxylic acids is 1. The van der Waals surface area contributed by atoms with Gasteiger partial charge in [0.1, 0.15) is 11.3 Å². The third-order valence-electron chi connectivity index (χ3n) is 3.68. The average Bonchev–Trinajstić information content (AvgIpc) is 2.45. The van der Waals surface area contributed by atoms with Crippen LogP contribution in [-0.2, 0) is 14.4 Å². The van der Waals surface area contributed by atoms with Crippen LogP contribution in [0.15, 0.2) is 0 Å². The SMILES string of the molecule is CCS[C@H](C(=O)O)[C@@H](CC(C)C)C(=O)N[C@H](C(=O)NC)C(C)(C)C. The first-order valence-electron chi connectivity index (χ1n) is 8.32. The average molecular weight is 361 g/mol. The summed E-state index contributed by atoms with van der Waals surface area (Å²) in [6.45, 7) is 11.4. The van der Waals surface area contributed by atoms with Crippen LogP contribution < -0.4 is 10.6 Å². The van der Waals surface area contributed by atoms with E-state index in [-0.39, 0.29) is 17.7 Å². The first-order valence-corrected chi connectivity index (χ1v) is 9.36. The molecule has 0 aliphatic carbocycles. The van der Waals surface area contributed by atoms with E-state index in [1.54, 1.807) is 0 Å². The lowest BCUT2D eigenvalue weighted by Crippen LogP contribution is -2.55. The van der Waals surface area contributed by atoms with Gasteiger partial charge in [0, 0.05) is 7.05 Å². The van der Waals surface area contributed by atoms with Gasteiger partial charge in [0.15, 0.2) is 0 Å². The Hall–Kier alpha value is -1.24. The standard InChI is InChI=1S/C17H32N2O4S/c1-8-24-12(16(22)23)11(9-10(2)3)14(20)19-13(15(21)18-7)17(4,5)6/h10-13H,8-9H2,1-7H3,(H,18,21)(H,19,20)(H,22,23)/t11-,12+,13-/m1/s1. The fourth-order valence-electron chi connectivity index (χ4n) is 2.48. The number of hydrogen-bond donors (Lipinski definition) is 3. The third-order valence-corrected chi connectivity index (χ3v) is 4.90. The van der Waals surface area contributed by atoms with Gasteiger partial charge in [-0.3, -0.25) is 14.4 Å². The Morgan fingerprint density at radius 2 is 1.67 bits per heavy atom. The van der Waals surface area contributed by atoms with Gasteiger partial charge in [-0.25, -0.2) is 0 Å². The lowest BCUT2D eigenvalue weighted by atomic mass is 9.85. The van der Waals surface area contributed by atoms with Crippen molar-refractivity contribution in [3.63, 3.8) is 0 Å². The number of rotatable bonds is 9. The molecule has 0 heterocycles. The predicted octanol–water partition coefficient (Wildman–Crippen LogP) is 2.13. The molecule has 0 rings (SSSR count). The van der Waals surface area contributed by atoms with Gasteiger partial charge in [0.25, 0.3) is 0 Å². The normalized spacial score (nSPS) is 15.5. The molecule has 3 atom stereocenters. The Morgan fingerprint density at radius 3 is 2.00 bits per heavy atom. The highest BCUT2D eigenvalue weighted by Gasteiger charge is 2.38. The lowest BCUT2D eigenvalue weighted by molar-refractivity contribution is -0.141. The molecule has 7 heteroatoms. The number of carboxylic acids is 1. The van der Waals surface area contributed by atoms with Crippen molar-refractivity contribution in [3.05, 3.63) is 0 Å². The molecule has 0 fully saturated rings. The van der Waals surface area contributed by atoms with Gasteiger partial charge in [-0.15, -0.1) is 11.8 Å². The Bertz CT molecular complexity index is 446. The summed E-state index contributed by atoms with van der Waals surface area (Å²) in [7, 11) is 1.52. The van der Waals surface area contributed by atoms with Crippen LogP contribution in [0.4, 0.5) is 0 Å². The van der Waals surface area contributed by atoms with E-state index in [1.165, 1.54) is 18.8 Å². The maximum atomic E-state index is 12.8. The summed E-state index contributed by atoms with van der Waals surface area (Å²) in [6.07, 6.45) is 0.459. The second kappa shape index (κ2) is 9.91. The fourth-order valence-corrected chi connectivity index (χ4v) is 3.45. The Labute approximate surface area is 149 Å². The van der Waals surface area contributed by atoms with Crippen LogP contribution >= 0.6 is 11.8 Å². The molecular weight excluding hydrogens is 328 g/mol. The summed E-state index contributed by atoms with van der Waals surface area (Å²) in [5.74, 6) is -1.54. The monoisotopic (exact) mass is 360 g/mol. The van der Waals surface area contributed by atoms with Gasteiger partial charge in [-0.2, -0.15) is 0 Å². The Morgan fingerprint density at radius 1 is 1.12 bits per heavy atom. The highest BCUT2D eigenvalue weighted by molar-refractivity contribution is 8.00. The molecule has 0 aromatic heterocycles. The molecule has 0 bridgehead atoms. The van der Waals surface area contributed by atoms with Gasteiger partial charge >= 0.3 is 5.97 Å². The van der Waals surface area contributed by atoms with Gasteiger partial charge < -0.3 is 15.7 Å². The van der Waals surface area contributed by atoms with E-state index < -0.39 is 28.6 Å². The highest BCUT2D eigenvalue weighted by Crippen LogP contribution is 2.28. The molecule has 0 aliphatic rings. The van der Waals surface area contributed by atoms with Gasteiger partial charge in [0.2, 0.25) is 11.8 Å². The maximum Gasteiger partial charge on any atom is 0.317 e. The van der Waals surface area contributed by atoms with Crippen molar-refractivity contribution in [2.75, 3.05) is 12.8 Å². The number of carboxylic acid groups (broad SMARTS) is 1. The minimum Gasteiger partial charge on any atom is -0.480 e. The first-order chi connectivity index (χ1) is 10.9. The van der Waals surface area contributed by atoms with Crippen molar-refractivity contribution in [3.8, 4) is 0 Å². The molecule has 140 valence electrons. The van der Waals surface area contributed by atoms with Crippen LogP contribution in [0.5, 0.6) is 0 Å². The van der Waals surface area contributed by atoms with Crippen molar-refractivity contribution >= 4 is 29.5 Å². The Kier molecular flexibility index (Phi) is 9.40. The maximum absolute atomic E-state index is 12.8. The fraction of sp³-hybridized carbons (Fsp3) is 0.824. The van der Waals surface area contributed by atoms with Crippen LogP contribution in [0.3, 0.4) is 0 Å². The van der Waals surface area contributed by atoms with Crippen LogP contribution in [0.2, 0.25) is 0 Å². The number of nitrogens with one attached hydrogen (secondary N) is 2. The van der Waals surface area contributed by atoms with E-state index in [1.807, 2.05) is 41.5 Å². The topological polar surface area (TPSA) is 95.5 Å². The first kappa shape index (κ1) is 22.8. The minimum atomic E-state index is -0.991. The molecule has 24 heavy (non-hydrogen) atoms. The molecule has 0 saturated carbocycles. The highest BCUT2D eigenvalue weighted by atomic mass is 32.2. The second-order valence-electron chi connectivity index (χ2n) is 7.37. The molecule has 0 aromatic carbocycles. The minimum absolute atomic E-state index is 0.174. The summed E-state index contributed by atoms with van der Waals surface area (Å²) >= 11 is 1.25. The molecule has 6 nitrogen and oxygen atoms in total. The smallest absolute Gasteiger partial charge is 0.317 e. The molecule has 0 aliphatic heterocycles. The van der Waals surface area contributed by atoms with Crippen LogP contribution in [-0.4, -0.2) is 47.0 Å². The summed E-state index contributed by atoms with van der Waals surface area (Å²) < 4.78 is 0. The molecule has 0 radical (unpaired) electrons. The van der Waals surface area contributed by atoms with Gasteiger partial charge in [0.05, 0.1) is 5.92 Å². The van der Waals surface area contributed by atoms with E-state index in [9.17, 15) is 19.5 Å². The van der Waals surface area contributed by atoms with Crippen molar-refractivity contribution < 1.29 is 19.5 Å². The largest absolute Gasteiger partial charge is 0.480 e. The van der Waals surface area contributed by atoms with E-state index in [4.69, 9.17) is 0 Å². The number of thioether (sulfide) groups is 1. The molecule has 0 saturated heterocycles. The summed E-state index contributed by atoms with van der Waals surface area (Å²) in [5, 5.41) is 14.0. The Balaban J connectivity index is 5.50. The lowest BCUT2D eigenvalue weighted by Gasteiger charge is -2.32.